The van der Waals surface area contributed by atoms with Crippen molar-refractivity contribution in [2.45, 2.75) is 58.4 Å². The third kappa shape index (κ3) is 6.48. The Morgan fingerprint density at radius 2 is 1.53 bits per heavy atom. The van der Waals surface area contributed by atoms with Crippen molar-refractivity contribution in [3.63, 3.8) is 0 Å². The number of phenols is 1. The lowest BCUT2D eigenvalue weighted by Crippen LogP contribution is -2.49. The number of hydrogen-bond acceptors (Lipinski definition) is 4. The van der Waals surface area contributed by atoms with Crippen LogP contribution in [-0.2, 0) is 0 Å². The molecule has 2 aliphatic rings. The molecule has 1 heterocycles. The van der Waals surface area contributed by atoms with Crippen molar-refractivity contribution in [1.82, 2.24) is 4.90 Å². The second kappa shape index (κ2) is 12.9. The summed E-state index contributed by atoms with van der Waals surface area (Å²) in [5, 5.41) is 19.5. The van der Waals surface area contributed by atoms with Gasteiger partial charge in [-0.15, -0.1) is 0 Å². The molecule has 1 saturated heterocycles. The second-order valence-corrected chi connectivity index (χ2v) is 10.1. The van der Waals surface area contributed by atoms with E-state index in [-0.39, 0.29) is 12.4 Å². The van der Waals surface area contributed by atoms with E-state index in [0.717, 1.165) is 49.8 Å². The molecule has 0 bridgehead atoms. The number of piperazine rings is 1. The molecule has 0 amide bonds. The van der Waals surface area contributed by atoms with E-state index in [2.05, 4.69) is 53.1 Å². The fraction of sp³-hybridized carbons (Fsp3) is 0.438. The van der Waals surface area contributed by atoms with Crippen LogP contribution >= 0.6 is 0 Å². The Morgan fingerprint density at radius 3 is 2.11 bits per heavy atom. The average Bonchev–Trinajstić information content (AvgIpc) is 3.46. The maximum Gasteiger partial charge on any atom is 0.115 e. The molecule has 0 radical (unpaired) electrons. The van der Waals surface area contributed by atoms with E-state index < -0.39 is 0 Å². The van der Waals surface area contributed by atoms with Crippen LogP contribution in [0.15, 0.2) is 77.9 Å². The van der Waals surface area contributed by atoms with Crippen molar-refractivity contribution in [2.24, 2.45) is 0 Å². The molecular weight excluding hydrogens is 444 g/mol. The number of allylic oxidation sites excluding steroid dienone is 5. The predicted molar refractivity (Wildman–Crippen MR) is 152 cm³/mol. The predicted octanol–water partition coefficient (Wildman–Crippen LogP) is 6.55. The largest absolute Gasteiger partial charge is 0.508 e. The van der Waals surface area contributed by atoms with E-state index in [1.165, 1.54) is 48.1 Å². The molecule has 192 valence electrons. The topological polar surface area (TPSA) is 46.9 Å². The summed E-state index contributed by atoms with van der Waals surface area (Å²) >= 11 is 0. The summed E-state index contributed by atoms with van der Waals surface area (Å²) in [4.78, 5) is 5.22. The number of aromatic hydroxyl groups is 1. The monoisotopic (exact) mass is 486 g/mol. The molecule has 36 heavy (non-hydrogen) atoms. The molecular formula is C32H42N2O2. The van der Waals surface area contributed by atoms with E-state index in [1.807, 2.05) is 25.1 Å². The van der Waals surface area contributed by atoms with Crippen LogP contribution in [0.5, 0.6) is 5.75 Å². The quantitative estimate of drug-likeness (QED) is 0.394. The van der Waals surface area contributed by atoms with E-state index in [9.17, 15) is 10.2 Å². The molecule has 1 aliphatic carbocycles. The lowest BCUT2D eigenvalue weighted by molar-refractivity contribution is 0.187. The van der Waals surface area contributed by atoms with Gasteiger partial charge >= 0.3 is 0 Å². The molecule has 0 spiro atoms. The van der Waals surface area contributed by atoms with Gasteiger partial charge in [-0.3, -0.25) is 4.90 Å². The van der Waals surface area contributed by atoms with Crippen LogP contribution in [0.1, 0.15) is 63.5 Å². The normalized spacial score (nSPS) is 18.8. The van der Waals surface area contributed by atoms with Gasteiger partial charge in [0.05, 0.1) is 0 Å². The van der Waals surface area contributed by atoms with Crippen LogP contribution < -0.4 is 4.90 Å². The van der Waals surface area contributed by atoms with Crippen LogP contribution in [0.4, 0.5) is 5.69 Å². The fourth-order valence-corrected chi connectivity index (χ4v) is 5.71. The van der Waals surface area contributed by atoms with Crippen LogP contribution in [-0.4, -0.2) is 53.9 Å². The van der Waals surface area contributed by atoms with Gasteiger partial charge < -0.3 is 15.1 Å². The molecule has 2 aromatic rings. The van der Waals surface area contributed by atoms with E-state index in [0.29, 0.717) is 6.42 Å². The average molecular weight is 487 g/mol. The summed E-state index contributed by atoms with van der Waals surface area (Å²) in [7, 11) is 0. The maximum atomic E-state index is 9.90. The Balaban J connectivity index is 1.63. The third-order valence-electron chi connectivity index (χ3n) is 7.73. The number of anilines is 1. The van der Waals surface area contributed by atoms with E-state index in [1.54, 1.807) is 12.1 Å². The SMILES string of the molecule is C\C=C/C=C(C)/C(CCCO)=C(/c1ccc(O)cc1)c1ccc(N2CCN(C3CCCC3)CC2)cc1. The molecule has 2 aromatic carbocycles. The number of rotatable bonds is 9. The van der Waals surface area contributed by atoms with Crippen molar-refractivity contribution in [3.8, 4) is 5.75 Å². The summed E-state index contributed by atoms with van der Waals surface area (Å²) in [6.07, 6.45) is 13.3. The van der Waals surface area contributed by atoms with Crippen LogP contribution in [0.3, 0.4) is 0 Å². The Labute approximate surface area is 217 Å². The van der Waals surface area contributed by atoms with Gasteiger partial charge in [0.15, 0.2) is 0 Å². The molecule has 4 heteroatoms. The smallest absolute Gasteiger partial charge is 0.115 e. The van der Waals surface area contributed by atoms with Crippen LogP contribution in [0, 0.1) is 0 Å². The van der Waals surface area contributed by atoms with Gasteiger partial charge in [-0.25, -0.2) is 0 Å². The van der Waals surface area contributed by atoms with E-state index >= 15 is 0 Å². The zero-order valence-electron chi connectivity index (χ0n) is 22.0. The van der Waals surface area contributed by atoms with Gasteiger partial charge in [-0.2, -0.15) is 0 Å². The summed E-state index contributed by atoms with van der Waals surface area (Å²) in [5.41, 5.74) is 7.11. The minimum absolute atomic E-state index is 0.162. The highest BCUT2D eigenvalue weighted by atomic mass is 16.3. The highest BCUT2D eigenvalue weighted by Crippen LogP contribution is 2.35. The molecule has 2 N–H and O–H groups in total. The van der Waals surface area contributed by atoms with Gasteiger partial charge in [0.1, 0.15) is 5.75 Å². The molecule has 4 nitrogen and oxygen atoms in total. The fourth-order valence-electron chi connectivity index (χ4n) is 5.71. The third-order valence-corrected chi connectivity index (χ3v) is 7.73. The summed E-state index contributed by atoms with van der Waals surface area (Å²) in [5.74, 6) is 0.267. The van der Waals surface area contributed by atoms with Crippen LogP contribution in [0.2, 0.25) is 0 Å². The molecule has 1 aliphatic heterocycles. The molecule has 0 atom stereocenters. The maximum absolute atomic E-state index is 9.90. The van der Waals surface area contributed by atoms with Crippen molar-refractivity contribution in [3.05, 3.63) is 89.0 Å². The Bertz CT molecular complexity index is 1050. The minimum atomic E-state index is 0.162. The molecule has 0 unspecified atom stereocenters. The van der Waals surface area contributed by atoms with E-state index in [4.69, 9.17) is 0 Å². The zero-order chi connectivity index (χ0) is 25.3. The van der Waals surface area contributed by atoms with Gasteiger partial charge in [-0.1, -0.05) is 55.3 Å². The first-order chi connectivity index (χ1) is 17.6. The first-order valence-corrected chi connectivity index (χ1v) is 13.6. The highest BCUT2D eigenvalue weighted by molar-refractivity contribution is 5.85. The molecule has 4 rings (SSSR count). The Hall–Kier alpha value is -2.82. The first-order valence-electron chi connectivity index (χ1n) is 13.6. The van der Waals surface area contributed by atoms with Crippen LogP contribution in [0.25, 0.3) is 5.57 Å². The minimum Gasteiger partial charge on any atom is -0.508 e. The lowest BCUT2D eigenvalue weighted by Gasteiger charge is -2.39. The second-order valence-electron chi connectivity index (χ2n) is 10.1. The molecule has 1 saturated carbocycles. The number of hydrogen-bond donors (Lipinski definition) is 2. The number of benzene rings is 2. The van der Waals surface area contributed by atoms with Gasteiger partial charge in [0.25, 0.3) is 0 Å². The Kier molecular flexibility index (Phi) is 9.43. The Morgan fingerprint density at radius 1 is 0.917 bits per heavy atom. The lowest BCUT2D eigenvalue weighted by atomic mass is 9.87. The van der Waals surface area contributed by atoms with Gasteiger partial charge in [0, 0.05) is 44.5 Å². The zero-order valence-corrected chi connectivity index (χ0v) is 22.0. The summed E-state index contributed by atoms with van der Waals surface area (Å²) < 4.78 is 0. The van der Waals surface area contributed by atoms with Crippen molar-refractivity contribution < 1.29 is 10.2 Å². The molecule has 0 aromatic heterocycles. The first kappa shape index (κ1) is 26.2. The number of aliphatic hydroxyl groups is 1. The summed E-state index contributed by atoms with van der Waals surface area (Å²) in [6, 6.07) is 17.3. The van der Waals surface area contributed by atoms with Crippen molar-refractivity contribution >= 4 is 11.3 Å². The number of nitrogens with zero attached hydrogens (tertiary/aromatic N) is 2. The summed E-state index contributed by atoms with van der Waals surface area (Å²) in [6.45, 7) is 8.82. The van der Waals surface area contributed by atoms with Gasteiger partial charge in [-0.05, 0) is 91.6 Å². The number of phenolic OH excluding ortho intramolecular Hbond substituents is 1. The van der Waals surface area contributed by atoms with Crippen molar-refractivity contribution in [1.29, 1.82) is 0 Å². The highest BCUT2D eigenvalue weighted by Gasteiger charge is 2.26. The van der Waals surface area contributed by atoms with Crippen molar-refractivity contribution in [2.75, 3.05) is 37.7 Å². The number of aliphatic hydroxyl groups excluding tert-OH is 1. The molecule has 2 fully saturated rings. The van der Waals surface area contributed by atoms with Gasteiger partial charge in [0.2, 0.25) is 0 Å². The standard InChI is InChI=1S/C32H42N2O2/c1-3-4-8-25(2)31(11-7-24-35)32(27-14-18-30(36)19-15-27)26-12-16-29(17-13-26)34-22-20-33(21-23-34)28-9-5-6-10-28/h3-4,8,12-19,28,35-36H,5-7,9-11,20-24H2,1-2H3/b4-3-,25-8+,32-31+.